The molecule has 0 bridgehead atoms. The van der Waals surface area contributed by atoms with Gasteiger partial charge in [-0.05, 0) is 52.9 Å². The van der Waals surface area contributed by atoms with Crippen molar-refractivity contribution in [2.24, 2.45) is 0 Å². The van der Waals surface area contributed by atoms with Crippen LogP contribution in [0.1, 0.15) is 25.7 Å². The average molecular weight is 248 g/mol. The highest BCUT2D eigenvalue weighted by Gasteiger charge is 2.22. The summed E-state index contributed by atoms with van der Waals surface area (Å²) < 4.78 is 22.4. The first-order chi connectivity index (χ1) is 7.49. The fourth-order valence-corrected chi connectivity index (χ4v) is 3.44. The van der Waals surface area contributed by atoms with Gasteiger partial charge < -0.3 is 10.2 Å². The minimum absolute atomic E-state index is 0.363. The minimum Gasteiger partial charge on any atom is -0.314 e. The zero-order chi connectivity index (χ0) is 12.0. The highest BCUT2D eigenvalue weighted by molar-refractivity contribution is 7.91. The number of hydrogen-bond donors (Lipinski definition) is 1. The Bertz CT molecular complexity index is 274. The molecule has 5 heteroatoms. The van der Waals surface area contributed by atoms with Crippen LogP contribution in [0.2, 0.25) is 0 Å². The van der Waals surface area contributed by atoms with E-state index < -0.39 is 9.84 Å². The molecular weight excluding hydrogens is 224 g/mol. The Kier molecular flexibility index (Phi) is 5.72. The summed E-state index contributed by atoms with van der Waals surface area (Å²) in [6.45, 7) is 2.14. The fraction of sp³-hybridized carbons (Fsp3) is 1.00. The van der Waals surface area contributed by atoms with Gasteiger partial charge in [0.05, 0.1) is 11.5 Å². The Morgan fingerprint density at radius 3 is 2.38 bits per heavy atom. The molecule has 1 fully saturated rings. The summed E-state index contributed by atoms with van der Waals surface area (Å²) in [5, 5.41) is 3.45. The van der Waals surface area contributed by atoms with Gasteiger partial charge in [0.1, 0.15) is 9.84 Å². The molecule has 1 rings (SSSR count). The van der Waals surface area contributed by atoms with E-state index in [0.717, 1.165) is 25.9 Å². The number of sulfone groups is 1. The molecule has 0 radical (unpaired) electrons. The van der Waals surface area contributed by atoms with Crippen LogP contribution in [0, 0.1) is 0 Å². The fourth-order valence-electron chi connectivity index (χ4n) is 1.95. The number of unbranched alkanes of at least 4 members (excludes halogenated alkanes) is 1. The van der Waals surface area contributed by atoms with E-state index in [0.29, 0.717) is 17.5 Å². The lowest BCUT2D eigenvalue weighted by Crippen LogP contribution is -2.38. The van der Waals surface area contributed by atoms with Crippen molar-refractivity contribution in [1.29, 1.82) is 0 Å². The van der Waals surface area contributed by atoms with Gasteiger partial charge in [0.25, 0.3) is 0 Å². The maximum absolute atomic E-state index is 11.2. The quantitative estimate of drug-likeness (QED) is 0.695. The molecule has 0 aromatic heterocycles. The van der Waals surface area contributed by atoms with E-state index in [4.69, 9.17) is 0 Å². The van der Waals surface area contributed by atoms with E-state index in [9.17, 15) is 8.42 Å². The minimum atomic E-state index is -2.71. The molecule has 0 saturated carbocycles. The summed E-state index contributed by atoms with van der Waals surface area (Å²) in [6.07, 6.45) is 3.94. The predicted molar refractivity (Wildman–Crippen MR) is 67.5 cm³/mol. The van der Waals surface area contributed by atoms with Crippen molar-refractivity contribution in [2.45, 2.75) is 31.7 Å². The number of nitrogens with zero attached hydrogens (tertiary/aromatic N) is 1. The molecular formula is C11H24N2O2S. The van der Waals surface area contributed by atoms with E-state index in [-0.39, 0.29) is 0 Å². The zero-order valence-corrected chi connectivity index (χ0v) is 11.2. The van der Waals surface area contributed by atoms with Crippen LogP contribution in [0.15, 0.2) is 0 Å². The third-order valence-corrected chi connectivity index (χ3v) is 4.74. The first-order valence-electron chi connectivity index (χ1n) is 6.08. The average Bonchev–Trinajstić information content (AvgIpc) is 2.19. The van der Waals surface area contributed by atoms with Crippen molar-refractivity contribution < 1.29 is 8.42 Å². The molecule has 0 spiro atoms. The summed E-state index contributed by atoms with van der Waals surface area (Å²) in [5.74, 6) is 0.727. The van der Waals surface area contributed by atoms with E-state index in [1.165, 1.54) is 12.8 Å². The maximum atomic E-state index is 11.2. The van der Waals surface area contributed by atoms with Crippen molar-refractivity contribution in [3.63, 3.8) is 0 Å². The van der Waals surface area contributed by atoms with Crippen molar-refractivity contribution >= 4 is 9.84 Å². The normalized spacial score (nSPS) is 21.4. The number of rotatable bonds is 6. The monoisotopic (exact) mass is 248 g/mol. The molecule has 1 heterocycles. The molecule has 1 aliphatic rings. The van der Waals surface area contributed by atoms with Gasteiger partial charge in [-0.1, -0.05) is 0 Å². The summed E-state index contributed by atoms with van der Waals surface area (Å²) in [4.78, 5) is 2.19. The Morgan fingerprint density at radius 1 is 1.19 bits per heavy atom. The second-order valence-corrected chi connectivity index (χ2v) is 7.19. The SMILES string of the molecule is CN(C)CCCCNC1CCS(=O)(=O)CC1. The third kappa shape index (κ3) is 5.82. The van der Waals surface area contributed by atoms with Gasteiger partial charge in [-0.3, -0.25) is 0 Å². The molecule has 16 heavy (non-hydrogen) atoms. The largest absolute Gasteiger partial charge is 0.314 e. The van der Waals surface area contributed by atoms with Gasteiger partial charge in [0.15, 0.2) is 0 Å². The summed E-state index contributed by atoms with van der Waals surface area (Å²) in [6, 6.07) is 0.419. The van der Waals surface area contributed by atoms with Crippen LogP contribution in [0.4, 0.5) is 0 Å². The topological polar surface area (TPSA) is 49.4 Å². The molecule has 0 aromatic rings. The molecule has 0 amide bonds. The number of hydrogen-bond acceptors (Lipinski definition) is 4. The Labute approximate surface area is 99.3 Å². The van der Waals surface area contributed by atoms with Crippen molar-refractivity contribution in [3.8, 4) is 0 Å². The summed E-state index contributed by atoms with van der Waals surface area (Å²) >= 11 is 0. The molecule has 0 unspecified atom stereocenters. The lowest BCUT2D eigenvalue weighted by atomic mass is 10.1. The second kappa shape index (κ2) is 6.57. The van der Waals surface area contributed by atoms with Crippen LogP contribution in [0.5, 0.6) is 0 Å². The Hall–Kier alpha value is -0.130. The zero-order valence-electron chi connectivity index (χ0n) is 10.4. The molecule has 0 aliphatic carbocycles. The van der Waals surface area contributed by atoms with E-state index in [1.807, 2.05) is 0 Å². The molecule has 1 saturated heterocycles. The van der Waals surface area contributed by atoms with Crippen molar-refractivity contribution in [2.75, 3.05) is 38.7 Å². The molecule has 1 N–H and O–H groups in total. The molecule has 96 valence electrons. The van der Waals surface area contributed by atoms with Gasteiger partial charge in [-0.15, -0.1) is 0 Å². The Balaban J connectivity index is 2.02. The van der Waals surface area contributed by atoms with Gasteiger partial charge >= 0.3 is 0 Å². The van der Waals surface area contributed by atoms with Gasteiger partial charge in [0, 0.05) is 6.04 Å². The van der Waals surface area contributed by atoms with Crippen molar-refractivity contribution in [1.82, 2.24) is 10.2 Å². The lowest BCUT2D eigenvalue weighted by Gasteiger charge is -2.23. The smallest absolute Gasteiger partial charge is 0.150 e. The van der Waals surface area contributed by atoms with Crippen LogP contribution in [0.3, 0.4) is 0 Å². The van der Waals surface area contributed by atoms with Crippen LogP contribution in [-0.4, -0.2) is 58.1 Å². The standard InChI is InChI=1S/C11H24N2O2S/c1-13(2)8-4-3-7-12-11-5-9-16(14,15)10-6-11/h11-12H,3-10H2,1-2H3. The molecule has 0 aromatic carbocycles. The van der Waals surface area contributed by atoms with Crippen LogP contribution < -0.4 is 5.32 Å². The second-order valence-electron chi connectivity index (χ2n) is 4.89. The van der Waals surface area contributed by atoms with Gasteiger partial charge in [-0.2, -0.15) is 0 Å². The highest BCUT2D eigenvalue weighted by Crippen LogP contribution is 2.11. The van der Waals surface area contributed by atoms with Gasteiger partial charge in [-0.25, -0.2) is 8.42 Å². The maximum Gasteiger partial charge on any atom is 0.150 e. The predicted octanol–water partition coefficient (Wildman–Crippen LogP) is 0.495. The van der Waals surface area contributed by atoms with E-state index >= 15 is 0 Å². The third-order valence-electron chi connectivity index (χ3n) is 3.02. The first kappa shape index (κ1) is 13.9. The van der Waals surface area contributed by atoms with E-state index in [2.05, 4.69) is 24.3 Å². The van der Waals surface area contributed by atoms with Crippen molar-refractivity contribution in [3.05, 3.63) is 0 Å². The Morgan fingerprint density at radius 2 is 1.81 bits per heavy atom. The molecule has 1 aliphatic heterocycles. The lowest BCUT2D eigenvalue weighted by molar-refractivity contribution is 0.384. The molecule has 0 atom stereocenters. The summed E-state index contributed by atoms with van der Waals surface area (Å²) in [7, 11) is 1.46. The van der Waals surface area contributed by atoms with Crippen LogP contribution in [-0.2, 0) is 9.84 Å². The summed E-state index contributed by atoms with van der Waals surface area (Å²) in [5.41, 5.74) is 0. The first-order valence-corrected chi connectivity index (χ1v) is 7.90. The number of nitrogens with one attached hydrogen (secondary N) is 1. The molecule has 4 nitrogen and oxygen atoms in total. The van der Waals surface area contributed by atoms with E-state index in [1.54, 1.807) is 0 Å². The van der Waals surface area contributed by atoms with Crippen LogP contribution in [0.25, 0.3) is 0 Å². The van der Waals surface area contributed by atoms with Crippen LogP contribution >= 0.6 is 0 Å². The van der Waals surface area contributed by atoms with Gasteiger partial charge in [0.2, 0.25) is 0 Å². The highest BCUT2D eigenvalue weighted by atomic mass is 32.2.